The summed E-state index contributed by atoms with van der Waals surface area (Å²) in [5.74, 6) is -2.46. The third-order valence-electron chi connectivity index (χ3n) is 6.41. The number of nitrogens with one attached hydrogen (secondary N) is 2. The van der Waals surface area contributed by atoms with Crippen LogP contribution in [0.5, 0.6) is 0 Å². The number of rotatable bonds is 12. The average Bonchev–Trinajstić information content (AvgIpc) is 3.21. The number of aliphatic hydroxyl groups excluding tert-OH is 1. The number of oxazole rings is 1. The minimum Gasteiger partial charge on any atom is -0.408 e. The normalized spacial score (nSPS) is 12.9. The fraction of sp³-hybridized carbons (Fsp3) is 0.310. The van der Waals surface area contributed by atoms with Gasteiger partial charge >= 0.3 is 5.76 Å². The Labute approximate surface area is 219 Å². The molecule has 38 heavy (non-hydrogen) atoms. The summed E-state index contributed by atoms with van der Waals surface area (Å²) in [6.45, 7) is 2.80. The highest BCUT2D eigenvalue weighted by Gasteiger charge is 2.23. The summed E-state index contributed by atoms with van der Waals surface area (Å²) in [6, 6.07) is 17.3. The van der Waals surface area contributed by atoms with Crippen LogP contribution in [0.4, 0.5) is 8.78 Å². The SMILES string of the molecule is CCc1cccc(CNC[C@H](O)[C@H](Cc2cc(F)cc(F)c2)NC(=O)CCn2c(=O)oc3ccccc32)c1. The Bertz CT molecular complexity index is 1430. The van der Waals surface area contributed by atoms with Gasteiger partial charge in [0, 0.05) is 32.1 Å². The number of amides is 1. The topological polar surface area (TPSA) is 96.5 Å². The highest BCUT2D eigenvalue weighted by molar-refractivity contribution is 5.77. The third-order valence-corrected chi connectivity index (χ3v) is 6.41. The Hall–Kier alpha value is -3.82. The van der Waals surface area contributed by atoms with Crippen molar-refractivity contribution in [3.63, 3.8) is 0 Å². The molecule has 3 N–H and O–H groups in total. The molecular weight excluding hydrogens is 492 g/mol. The van der Waals surface area contributed by atoms with Crippen LogP contribution in [0.2, 0.25) is 0 Å². The van der Waals surface area contributed by atoms with E-state index in [2.05, 4.69) is 23.6 Å². The first-order valence-corrected chi connectivity index (χ1v) is 12.6. The summed E-state index contributed by atoms with van der Waals surface area (Å²) in [7, 11) is 0. The molecule has 0 saturated heterocycles. The lowest BCUT2D eigenvalue weighted by molar-refractivity contribution is -0.122. The fourth-order valence-corrected chi connectivity index (χ4v) is 4.45. The van der Waals surface area contributed by atoms with Crippen molar-refractivity contribution in [1.29, 1.82) is 0 Å². The molecule has 0 bridgehead atoms. The number of carbonyl (C=O) groups is 1. The van der Waals surface area contributed by atoms with Crippen molar-refractivity contribution in [3.8, 4) is 0 Å². The summed E-state index contributed by atoms with van der Waals surface area (Å²) in [5.41, 5.74) is 3.57. The molecule has 0 aliphatic heterocycles. The van der Waals surface area contributed by atoms with Gasteiger partial charge < -0.3 is 20.2 Å². The Kier molecular flexibility index (Phi) is 9.04. The summed E-state index contributed by atoms with van der Waals surface area (Å²) < 4.78 is 34.2. The Morgan fingerprint density at radius 3 is 2.50 bits per heavy atom. The molecule has 0 radical (unpaired) electrons. The van der Waals surface area contributed by atoms with Crippen LogP contribution in [0.15, 0.2) is 75.9 Å². The van der Waals surface area contributed by atoms with E-state index < -0.39 is 35.4 Å². The minimum atomic E-state index is -1.04. The van der Waals surface area contributed by atoms with Gasteiger partial charge in [0.05, 0.1) is 17.7 Å². The number of aryl methyl sites for hydroxylation is 2. The lowest BCUT2D eigenvalue weighted by atomic mass is 10.00. The average molecular weight is 524 g/mol. The van der Waals surface area contributed by atoms with Gasteiger partial charge in [0.15, 0.2) is 5.58 Å². The van der Waals surface area contributed by atoms with Crippen LogP contribution in [0, 0.1) is 11.6 Å². The minimum absolute atomic E-state index is 0.0170. The number of hydrogen-bond donors (Lipinski definition) is 3. The van der Waals surface area contributed by atoms with Gasteiger partial charge in [-0.1, -0.05) is 43.3 Å². The molecule has 1 heterocycles. The van der Waals surface area contributed by atoms with E-state index in [1.165, 1.54) is 22.3 Å². The number of para-hydroxylation sites is 2. The van der Waals surface area contributed by atoms with Crippen molar-refractivity contribution in [2.24, 2.45) is 0 Å². The number of carbonyl (C=O) groups excluding carboxylic acids is 1. The van der Waals surface area contributed by atoms with E-state index in [9.17, 15) is 23.5 Å². The Balaban J connectivity index is 1.42. The van der Waals surface area contributed by atoms with E-state index in [0.29, 0.717) is 23.2 Å². The molecule has 0 saturated carbocycles. The maximum Gasteiger partial charge on any atom is 0.419 e. The quantitative estimate of drug-likeness (QED) is 0.263. The zero-order chi connectivity index (χ0) is 27.1. The number of fused-ring (bicyclic) bond motifs is 1. The van der Waals surface area contributed by atoms with Crippen LogP contribution in [0.25, 0.3) is 11.1 Å². The fourth-order valence-electron chi connectivity index (χ4n) is 4.45. The van der Waals surface area contributed by atoms with Crippen LogP contribution in [0.3, 0.4) is 0 Å². The predicted octanol–water partition coefficient (Wildman–Crippen LogP) is 3.70. The largest absolute Gasteiger partial charge is 0.419 e. The molecule has 0 unspecified atom stereocenters. The second-order valence-corrected chi connectivity index (χ2v) is 9.26. The molecule has 0 fully saturated rings. The molecule has 200 valence electrons. The van der Waals surface area contributed by atoms with Crippen molar-refractivity contribution < 1.29 is 23.1 Å². The number of halogens is 2. The van der Waals surface area contributed by atoms with Gasteiger partial charge in [0.25, 0.3) is 0 Å². The van der Waals surface area contributed by atoms with Gasteiger partial charge in [-0.25, -0.2) is 13.6 Å². The molecule has 1 amide bonds. The zero-order valence-corrected chi connectivity index (χ0v) is 21.1. The maximum atomic E-state index is 13.8. The number of aromatic nitrogens is 1. The Morgan fingerprint density at radius 2 is 1.74 bits per heavy atom. The molecule has 0 aliphatic carbocycles. The number of hydrogen-bond acceptors (Lipinski definition) is 5. The molecule has 4 rings (SSSR count). The van der Waals surface area contributed by atoms with Crippen LogP contribution < -0.4 is 16.4 Å². The van der Waals surface area contributed by atoms with E-state index >= 15 is 0 Å². The summed E-state index contributed by atoms with van der Waals surface area (Å²) in [5, 5.41) is 16.9. The highest BCUT2D eigenvalue weighted by atomic mass is 19.1. The first kappa shape index (κ1) is 27.2. The zero-order valence-electron chi connectivity index (χ0n) is 21.1. The highest BCUT2D eigenvalue weighted by Crippen LogP contribution is 2.14. The van der Waals surface area contributed by atoms with Gasteiger partial charge in [0.1, 0.15) is 11.6 Å². The number of benzene rings is 3. The molecule has 1 aromatic heterocycles. The van der Waals surface area contributed by atoms with E-state index in [1.54, 1.807) is 24.3 Å². The van der Waals surface area contributed by atoms with Crippen molar-refractivity contribution in [3.05, 3.63) is 106 Å². The molecule has 0 aliphatic rings. The van der Waals surface area contributed by atoms with E-state index in [0.717, 1.165) is 18.1 Å². The van der Waals surface area contributed by atoms with Gasteiger partial charge in [-0.05, 0) is 53.8 Å². The standard InChI is InChI=1S/C29H31F2N3O4/c1-2-19-6-5-7-20(12-19)17-32-18-26(35)24(15-21-13-22(30)16-23(31)14-21)33-28(36)10-11-34-25-8-3-4-9-27(25)38-29(34)37/h3-9,12-14,16,24,26,32,35H,2,10-11,15,17-18H2,1H3,(H,33,36)/t24-,26-/m0/s1. The maximum absolute atomic E-state index is 13.8. The molecule has 9 heteroatoms. The second kappa shape index (κ2) is 12.6. The van der Waals surface area contributed by atoms with Crippen LogP contribution in [0.1, 0.15) is 30.0 Å². The monoisotopic (exact) mass is 523 g/mol. The molecular formula is C29H31F2N3O4. The van der Waals surface area contributed by atoms with Crippen molar-refractivity contribution in [1.82, 2.24) is 15.2 Å². The smallest absolute Gasteiger partial charge is 0.408 e. The van der Waals surface area contributed by atoms with Crippen molar-refractivity contribution in [2.45, 2.75) is 51.4 Å². The van der Waals surface area contributed by atoms with Gasteiger partial charge in [-0.2, -0.15) is 0 Å². The first-order chi connectivity index (χ1) is 18.3. The lowest BCUT2D eigenvalue weighted by Crippen LogP contribution is -2.48. The van der Waals surface area contributed by atoms with Crippen LogP contribution >= 0.6 is 0 Å². The molecule has 4 aromatic rings. The van der Waals surface area contributed by atoms with Crippen molar-refractivity contribution in [2.75, 3.05) is 6.54 Å². The number of aliphatic hydroxyl groups is 1. The molecule has 2 atom stereocenters. The van der Waals surface area contributed by atoms with E-state index in [1.807, 2.05) is 18.2 Å². The molecule has 3 aromatic carbocycles. The van der Waals surface area contributed by atoms with Crippen LogP contribution in [-0.4, -0.2) is 34.3 Å². The van der Waals surface area contributed by atoms with Gasteiger partial charge in [0.2, 0.25) is 5.91 Å². The third kappa shape index (κ3) is 7.14. The van der Waals surface area contributed by atoms with Gasteiger partial charge in [-0.3, -0.25) is 9.36 Å². The Morgan fingerprint density at radius 1 is 1.00 bits per heavy atom. The summed E-state index contributed by atoms with van der Waals surface area (Å²) >= 11 is 0. The molecule has 7 nitrogen and oxygen atoms in total. The van der Waals surface area contributed by atoms with E-state index in [4.69, 9.17) is 4.42 Å². The van der Waals surface area contributed by atoms with Crippen LogP contribution in [-0.2, 0) is 30.7 Å². The van der Waals surface area contributed by atoms with E-state index in [-0.39, 0.29) is 25.9 Å². The summed E-state index contributed by atoms with van der Waals surface area (Å²) in [6.07, 6.45) is -0.169. The first-order valence-electron chi connectivity index (χ1n) is 12.6. The predicted molar refractivity (Wildman–Crippen MR) is 141 cm³/mol. The second-order valence-electron chi connectivity index (χ2n) is 9.26. The molecule has 0 spiro atoms. The summed E-state index contributed by atoms with van der Waals surface area (Å²) in [4.78, 5) is 25.1. The number of nitrogens with zero attached hydrogens (tertiary/aromatic N) is 1. The van der Waals surface area contributed by atoms with Gasteiger partial charge in [-0.15, -0.1) is 0 Å². The van der Waals surface area contributed by atoms with Crippen molar-refractivity contribution >= 4 is 17.0 Å². The lowest BCUT2D eigenvalue weighted by Gasteiger charge is -2.25.